The van der Waals surface area contributed by atoms with Gasteiger partial charge >= 0.3 is 0 Å². The number of nitrogens with zero attached hydrogens (tertiary/aromatic N) is 2. The van der Waals surface area contributed by atoms with Gasteiger partial charge in [-0.05, 0) is 42.8 Å². The Labute approximate surface area is 184 Å². The van der Waals surface area contributed by atoms with Crippen LogP contribution in [0.5, 0.6) is 0 Å². The number of rotatable bonds is 5. The Hall–Kier alpha value is -2.73. The minimum absolute atomic E-state index is 0.139. The van der Waals surface area contributed by atoms with Crippen LogP contribution in [0.4, 0.5) is 0 Å². The van der Waals surface area contributed by atoms with Crippen molar-refractivity contribution in [2.75, 3.05) is 7.11 Å². The third-order valence-electron chi connectivity index (χ3n) is 5.35. The number of benzene rings is 2. The van der Waals surface area contributed by atoms with E-state index in [9.17, 15) is 9.59 Å². The lowest BCUT2D eigenvalue weighted by molar-refractivity contribution is -0.146. The molecule has 0 spiro atoms. The van der Waals surface area contributed by atoms with Crippen LogP contribution in [-0.2, 0) is 16.8 Å². The van der Waals surface area contributed by atoms with Crippen LogP contribution >= 0.6 is 23.2 Å². The van der Waals surface area contributed by atoms with E-state index >= 15 is 0 Å². The van der Waals surface area contributed by atoms with E-state index in [1.165, 1.54) is 19.1 Å². The smallest absolute Gasteiger partial charge is 0.279 e. The molecule has 4 rings (SSSR count). The fourth-order valence-corrected chi connectivity index (χ4v) is 4.35. The highest BCUT2D eigenvalue weighted by Gasteiger charge is 2.53. The maximum Gasteiger partial charge on any atom is 0.279 e. The number of ketones is 1. The van der Waals surface area contributed by atoms with Crippen molar-refractivity contribution in [1.82, 2.24) is 10.0 Å². The molecular formula is C23H18Cl2N2O3. The van der Waals surface area contributed by atoms with E-state index < -0.39 is 5.54 Å². The minimum atomic E-state index is -1.10. The summed E-state index contributed by atoms with van der Waals surface area (Å²) < 4.78 is 0. The van der Waals surface area contributed by atoms with Crippen molar-refractivity contribution in [2.45, 2.75) is 18.9 Å². The highest BCUT2D eigenvalue weighted by Crippen LogP contribution is 2.48. The third-order valence-corrected chi connectivity index (χ3v) is 5.82. The Morgan fingerprint density at radius 3 is 2.37 bits per heavy atom. The molecule has 1 aromatic heterocycles. The summed E-state index contributed by atoms with van der Waals surface area (Å²) in [6.07, 6.45) is 1.83. The number of Topliss-reactive ketones (excluding diaryl/α,β-unsaturated/α-hetero) is 1. The van der Waals surface area contributed by atoms with Crippen LogP contribution in [0, 0.1) is 0 Å². The predicted molar refractivity (Wildman–Crippen MR) is 115 cm³/mol. The molecule has 0 radical (unpaired) electrons. The molecule has 2 heterocycles. The number of carbonyl (C=O) groups is 2. The lowest BCUT2D eigenvalue weighted by atomic mass is 9.77. The molecule has 0 unspecified atom stereocenters. The van der Waals surface area contributed by atoms with Crippen molar-refractivity contribution in [3.05, 3.63) is 98.8 Å². The lowest BCUT2D eigenvalue weighted by Crippen LogP contribution is -2.46. The van der Waals surface area contributed by atoms with Gasteiger partial charge in [-0.15, -0.1) is 0 Å². The number of pyridine rings is 1. The Morgan fingerprint density at radius 1 is 1.07 bits per heavy atom. The van der Waals surface area contributed by atoms with Crippen molar-refractivity contribution in [2.24, 2.45) is 0 Å². The van der Waals surface area contributed by atoms with E-state index in [0.717, 1.165) is 5.56 Å². The molecule has 0 N–H and O–H groups in total. The number of aromatic nitrogens is 1. The summed E-state index contributed by atoms with van der Waals surface area (Å²) in [5.41, 5.74) is 1.83. The van der Waals surface area contributed by atoms with Crippen molar-refractivity contribution in [1.29, 1.82) is 0 Å². The van der Waals surface area contributed by atoms with Crippen LogP contribution in [0.2, 0.25) is 10.0 Å². The normalized spacial score (nSPS) is 17.9. The van der Waals surface area contributed by atoms with Gasteiger partial charge in [-0.1, -0.05) is 47.5 Å². The quantitative estimate of drug-likeness (QED) is 0.518. The number of hydrogen-bond acceptors (Lipinski definition) is 4. The van der Waals surface area contributed by atoms with E-state index in [1.807, 2.05) is 12.1 Å². The molecule has 3 aromatic rings. The molecule has 1 aliphatic heterocycles. The zero-order valence-electron chi connectivity index (χ0n) is 16.4. The van der Waals surface area contributed by atoms with Gasteiger partial charge in [0, 0.05) is 40.0 Å². The van der Waals surface area contributed by atoms with Gasteiger partial charge in [-0.25, -0.2) is 5.06 Å². The number of halogens is 2. The summed E-state index contributed by atoms with van der Waals surface area (Å²) in [5.74, 6) is -0.459. The third kappa shape index (κ3) is 3.19. The lowest BCUT2D eigenvalue weighted by Gasteiger charge is -2.38. The van der Waals surface area contributed by atoms with E-state index in [1.54, 1.807) is 48.7 Å². The number of fused-ring (bicyclic) bond motifs is 1. The number of amides is 1. The molecule has 1 atom stereocenters. The van der Waals surface area contributed by atoms with Crippen LogP contribution < -0.4 is 0 Å². The molecular weight excluding hydrogens is 423 g/mol. The van der Waals surface area contributed by atoms with E-state index in [4.69, 9.17) is 28.0 Å². The average molecular weight is 441 g/mol. The van der Waals surface area contributed by atoms with Crippen LogP contribution in [-0.4, -0.2) is 28.8 Å². The van der Waals surface area contributed by atoms with Gasteiger partial charge in [0.05, 0.1) is 12.1 Å². The molecule has 1 amide bonds. The maximum atomic E-state index is 13.3. The van der Waals surface area contributed by atoms with Gasteiger partial charge in [0.25, 0.3) is 5.91 Å². The van der Waals surface area contributed by atoms with Gasteiger partial charge in [0.15, 0.2) is 5.78 Å². The summed E-state index contributed by atoms with van der Waals surface area (Å²) in [7, 11) is 1.44. The van der Waals surface area contributed by atoms with Gasteiger partial charge in [-0.2, -0.15) is 0 Å². The second-order valence-electron chi connectivity index (χ2n) is 7.08. The Kier molecular flexibility index (Phi) is 5.36. The zero-order valence-corrected chi connectivity index (χ0v) is 17.9. The highest BCUT2D eigenvalue weighted by atomic mass is 35.5. The summed E-state index contributed by atoms with van der Waals surface area (Å²) in [5, 5.41) is 2.39. The first-order chi connectivity index (χ1) is 14.4. The van der Waals surface area contributed by atoms with Gasteiger partial charge in [0.2, 0.25) is 0 Å². The number of carbonyl (C=O) groups excluding carboxylic acids is 2. The zero-order chi connectivity index (χ0) is 21.5. The van der Waals surface area contributed by atoms with E-state index in [2.05, 4.69) is 4.98 Å². The van der Waals surface area contributed by atoms with Crippen LogP contribution in [0.1, 0.15) is 44.5 Å². The first kappa shape index (κ1) is 20.5. The summed E-state index contributed by atoms with van der Waals surface area (Å²) in [6, 6.07) is 15.9. The molecule has 0 saturated heterocycles. The van der Waals surface area contributed by atoms with Crippen molar-refractivity contribution < 1.29 is 14.4 Å². The molecule has 0 aliphatic carbocycles. The Balaban J connectivity index is 2.06. The minimum Gasteiger partial charge on any atom is -0.294 e. The molecule has 1 aliphatic rings. The summed E-state index contributed by atoms with van der Waals surface area (Å²) in [4.78, 5) is 35.9. The van der Waals surface area contributed by atoms with Crippen molar-refractivity contribution >= 4 is 34.9 Å². The monoisotopic (exact) mass is 440 g/mol. The van der Waals surface area contributed by atoms with Gasteiger partial charge in [-0.3, -0.25) is 19.4 Å². The van der Waals surface area contributed by atoms with Crippen molar-refractivity contribution in [3.8, 4) is 0 Å². The maximum absolute atomic E-state index is 13.3. The largest absolute Gasteiger partial charge is 0.294 e. The SMILES string of the molecule is CON1C(=O)c2cccc(C(C)=O)c2[C@@]1(Cc1ccc(Cl)cn1)c1ccc(Cl)cc1. The van der Waals surface area contributed by atoms with E-state index in [0.29, 0.717) is 32.4 Å². The Bertz CT molecular complexity index is 1130. The van der Waals surface area contributed by atoms with Crippen LogP contribution in [0.3, 0.4) is 0 Å². The second kappa shape index (κ2) is 7.84. The number of hydroxylamine groups is 2. The topological polar surface area (TPSA) is 59.5 Å². The van der Waals surface area contributed by atoms with E-state index in [-0.39, 0.29) is 18.1 Å². The second-order valence-corrected chi connectivity index (χ2v) is 7.95. The van der Waals surface area contributed by atoms with Crippen molar-refractivity contribution in [3.63, 3.8) is 0 Å². The number of hydrogen-bond donors (Lipinski definition) is 0. The molecule has 0 bridgehead atoms. The summed E-state index contributed by atoms with van der Waals surface area (Å²) >= 11 is 12.1. The molecule has 0 saturated carbocycles. The van der Waals surface area contributed by atoms with Gasteiger partial charge in [0.1, 0.15) is 5.54 Å². The molecule has 2 aromatic carbocycles. The molecule has 5 nitrogen and oxygen atoms in total. The molecule has 0 fully saturated rings. The highest BCUT2D eigenvalue weighted by molar-refractivity contribution is 6.30. The molecule has 7 heteroatoms. The first-order valence-electron chi connectivity index (χ1n) is 9.28. The van der Waals surface area contributed by atoms with Gasteiger partial charge < -0.3 is 0 Å². The fourth-order valence-electron chi connectivity index (χ4n) is 4.12. The molecule has 30 heavy (non-hydrogen) atoms. The average Bonchev–Trinajstić information content (AvgIpc) is 2.98. The summed E-state index contributed by atoms with van der Waals surface area (Å²) in [6.45, 7) is 1.49. The Morgan fingerprint density at radius 2 is 1.77 bits per heavy atom. The fraction of sp³-hybridized carbons (Fsp3) is 0.174. The predicted octanol–water partition coefficient (Wildman–Crippen LogP) is 5.09. The van der Waals surface area contributed by atoms with Crippen LogP contribution in [0.15, 0.2) is 60.8 Å². The standard InChI is InChI=1S/C23H18Cl2N2O3/c1-14(28)19-4-3-5-20-21(19)23(27(30-2)22(20)29,15-6-8-16(24)9-7-15)12-18-11-10-17(25)13-26-18/h3-11,13H,12H2,1-2H3/t23-/m1/s1. The molecule has 152 valence electrons. The van der Waals surface area contributed by atoms with Crippen LogP contribution in [0.25, 0.3) is 0 Å². The first-order valence-corrected chi connectivity index (χ1v) is 10.0.